The molecule has 0 N–H and O–H groups in total. The molecule has 0 aromatic heterocycles. The van der Waals surface area contributed by atoms with E-state index in [4.69, 9.17) is 0 Å². The van der Waals surface area contributed by atoms with E-state index in [9.17, 15) is 22.0 Å². The van der Waals surface area contributed by atoms with Crippen molar-refractivity contribution in [2.75, 3.05) is 6.67 Å². The molecule has 0 aliphatic heterocycles. The van der Waals surface area contributed by atoms with Gasteiger partial charge < -0.3 is 0 Å². The fourth-order valence-corrected chi connectivity index (χ4v) is 0.337. The summed E-state index contributed by atoms with van der Waals surface area (Å²) in [5.74, 6) is -7.28. The maximum Gasteiger partial charge on any atom is 0.211 e. The van der Waals surface area contributed by atoms with Crippen molar-refractivity contribution >= 4 is 0 Å². The number of rotatable bonds is 2. The number of hydrogen-bond acceptors (Lipinski definition) is 0. The van der Waals surface area contributed by atoms with Gasteiger partial charge in [-0.05, 0) is 5.92 Å². The number of hydrogen-bond donors (Lipinski definition) is 0. The third-order valence-electron chi connectivity index (χ3n) is 0.868. The third-order valence-corrected chi connectivity index (χ3v) is 0.868. The second-order valence-corrected chi connectivity index (χ2v) is 1.62. The standard InChI is InChI=1S/C7H3F5/c1-2-4(9)6(11)7(12)5(10)3-8/h1H,3H2/b6-4-,7-5-. The highest BCUT2D eigenvalue weighted by molar-refractivity contribution is 5.32. The quantitative estimate of drug-likeness (QED) is 0.350. The molecule has 0 fully saturated rings. The summed E-state index contributed by atoms with van der Waals surface area (Å²) in [6.45, 7) is -1.85. The Morgan fingerprint density at radius 1 is 1.08 bits per heavy atom. The van der Waals surface area contributed by atoms with E-state index in [1.807, 2.05) is 0 Å². The van der Waals surface area contributed by atoms with Gasteiger partial charge in [-0.2, -0.15) is 8.78 Å². The van der Waals surface area contributed by atoms with E-state index < -0.39 is 30.0 Å². The summed E-state index contributed by atoms with van der Waals surface area (Å²) < 4.78 is 59.5. The summed E-state index contributed by atoms with van der Waals surface area (Å²) in [6.07, 6.45) is 4.32. The minimum absolute atomic E-state index is 1.10. The van der Waals surface area contributed by atoms with Crippen LogP contribution in [0.1, 0.15) is 0 Å². The van der Waals surface area contributed by atoms with Gasteiger partial charge >= 0.3 is 0 Å². The molecule has 12 heavy (non-hydrogen) atoms. The van der Waals surface area contributed by atoms with Gasteiger partial charge in [0, 0.05) is 0 Å². The monoisotopic (exact) mass is 182 g/mol. The van der Waals surface area contributed by atoms with Gasteiger partial charge in [0.25, 0.3) is 0 Å². The van der Waals surface area contributed by atoms with Crippen molar-refractivity contribution in [2.24, 2.45) is 0 Å². The molecule has 0 aromatic carbocycles. The molecule has 5 heteroatoms. The van der Waals surface area contributed by atoms with Crippen LogP contribution in [0.2, 0.25) is 0 Å². The lowest BCUT2D eigenvalue weighted by Crippen LogP contribution is -1.86. The van der Waals surface area contributed by atoms with Crippen LogP contribution in [0.25, 0.3) is 0 Å². The fourth-order valence-electron chi connectivity index (χ4n) is 0.337. The summed E-state index contributed by atoms with van der Waals surface area (Å²) in [5.41, 5.74) is 0. The summed E-state index contributed by atoms with van der Waals surface area (Å²) >= 11 is 0. The maximum atomic E-state index is 12.2. The van der Waals surface area contributed by atoms with Gasteiger partial charge in [0.2, 0.25) is 11.7 Å². The summed E-state index contributed by atoms with van der Waals surface area (Å²) in [5, 5.41) is 0. The third kappa shape index (κ3) is 2.38. The lowest BCUT2D eigenvalue weighted by Gasteiger charge is -1.93. The van der Waals surface area contributed by atoms with Crippen LogP contribution in [-0.2, 0) is 0 Å². The Balaban J connectivity index is 4.99. The van der Waals surface area contributed by atoms with Gasteiger partial charge in [-0.3, -0.25) is 0 Å². The van der Waals surface area contributed by atoms with Gasteiger partial charge in [-0.15, -0.1) is 6.42 Å². The Morgan fingerprint density at radius 3 is 1.92 bits per heavy atom. The second-order valence-electron chi connectivity index (χ2n) is 1.62. The predicted octanol–water partition coefficient (Wildman–Crippen LogP) is 2.89. The molecule has 0 atom stereocenters. The van der Waals surface area contributed by atoms with Crippen molar-refractivity contribution in [1.29, 1.82) is 0 Å². The van der Waals surface area contributed by atoms with E-state index in [1.54, 1.807) is 0 Å². The molecule has 0 saturated carbocycles. The molecule has 0 saturated heterocycles. The first-order chi connectivity index (χ1) is 5.54. The zero-order chi connectivity index (χ0) is 9.72. The SMILES string of the molecule is C#C/C(F)=C(F)\C(F)=C(\F)CF. The number of halogens is 5. The van der Waals surface area contributed by atoms with Crippen molar-refractivity contribution in [3.8, 4) is 12.3 Å². The Morgan fingerprint density at radius 2 is 1.58 bits per heavy atom. The molecule has 0 amide bonds. The average Bonchev–Trinajstić information content (AvgIpc) is 2.12. The molecule has 0 spiro atoms. The van der Waals surface area contributed by atoms with Crippen molar-refractivity contribution < 1.29 is 22.0 Å². The van der Waals surface area contributed by atoms with E-state index in [0.717, 1.165) is 5.92 Å². The highest BCUT2D eigenvalue weighted by atomic mass is 19.2. The molecular weight excluding hydrogens is 179 g/mol. The molecule has 0 radical (unpaired) electrons. The first-order valence-electron chi connectivity index (χ1n) is 2.67. The number of allylic oxidation sites excluding steroid dienone is 4. The molecule has 0 nitrogen and oxygen atoms in total. The zero-order valence-corrected chi connectivity index (χ0v) is 5.67. The predicted molar refractivity (Wildman–Crippen MR) is 33.3 cm³/mol. The van der Waals surface area contributed by atoms with E-state index in [2.05, 4.69) is 6.42 Å². The largest absolute Gasteiger partial charge is 0.243 e. The zero-order valence-electron chi connectivity index (χ0n) is 5.67. The molecule has 0 rings (SSSR count). The summed E-state index contributed by atoms with van der Waals surface area (Å²) in [6, 6.07) is 0. The van der Waals surface area contributed by atoms with Crippen LogP contribution in [0, 0.1) is 12.3 Å². The van der Waals surface area contributed by atoms with Crippen LogP contribution >= 0.6 is 0 Å². The van der Waals surface area contributed by atoms with Crippen LogP contribution in [0.4, 0.5) is 22.0 Å². The minimum atomic E-state index is -2.24. The first kappa shape index (κ1) is 10.7. The van der Waals surface area contributed by atoms with Gasteiger partial charge in [0.1, 0.15) is 6.67 Å². The minimum Gasteiger partial charge on any atom is -0.243 e. The lowest BCUT2D eigenvalue weighted by molar-refractivity contribution is 0.412. The van der Waals surface area contributed by atoms with Gasteiger partial charge in [-0.1, -0.05) is 0 Å². The fraction of sp³-hybridized carbons (Fsp3) is 0.143. The highest BCUT2D eigenvalue weighted by Crippen LogP contribution is 2.22. The molecule has 0 heterocycles. The molecule has 66 valence electrons. The number of alkyl halides is 1. The average molecular weight is 182 g/mol. The summed E-state index contributed by atoms with van der Waals surface area (Å²) in [4.78, 5) is 0. The normalized spacial score (nSPS) is 14.7. The van der Waals surface area contributed by atoms with Crippen molar-refractivity contribution in [3.05, 3.63) is 23.3 Å². The van der Waals surface area contributed by atoms with Crippen LogP contribution < -0.4 is 0 Å². The highest BCUT2D eigenvalue weighted by Gasteiger charge is 2.15. The maximum absolute atomic E-state index is 12.2. The van der Waals surface area contributed by atoms with E-state index >= 15 is 0 Å². The summed E-state index contributed by atoms with van der Waals surface area (Å²) in [7, 11) is 0. The van der Waals surface area contributed by atoms with E-state index in [-0.39, 0.29) is 0 Å². The van der Waals surface area contributed by atoms with Crippen LogP contribution in [0.15, 0.2) is 23.3 Å². The van der Waals surface area contributed by atoms with Crippen molar-refractivity contribution in [3.63, 3.8) is 0 Å². The number of terminal acetylenes is 1. The molecule has 0 unspecified atom stereocenters. The van der Waals surface area contributed by atoms with Gasteiger partial charge in [0.05, 0.1) is 0 Å². The van der Waals surface area contributed by atoms with E-state index in [0.29, 0.717) is 0 Å². The lowest BCUT2D eigenvalue weighted by atomic mass is 10.3. The van der Waals surface area contributed by atoms with Crippen molar-refractivity contribution in [2.45, 2.75) is 0 Å². The van der Waals surface area contributed by atoms with Gasteiger partial charge in [-0.25, -0.2) is 13.2 Å². The smallest absolute Gasteiger partial charge is 0.211 e. The molecule has 0 bridgehead atoms. The van der Waals surface area contributed by atoms with E-state index in [1.165, 1.54) is 0 Å². The van der Waals surface area contributed by atoms with Gasteiger partial charge in [0.15, 0.2) is 11.7 Å². The molecule has 0 aromatic rings. The Hall–Kier alpha value is -1.31. The topological polar surface area (TPSA) is 0 Å². The Labute approximate surface area is 65.4 Å². The van der Waals surface area contributed by atoms with Crippen molar-refractivity contribution in [1.82, 2.24) is 0 Å². The second kappa shape index (κ2) is 4.54. The molecule has 0 aliphatic rings. The molecule has 0 aliphatic carbocycles. The van der Waals surface area contributed by atoms with Crippen LogP contribution in [0.3, 0.4) is 0 Å². The first-order valence-corrected chi connectivity index (χ1v) is 2.67. The molecular formula is C7H3F5. The Bertz CT molecular complexity index is 268. The van der Waals surface area contributed by atoms with Crippen LogP contribution in [-0.4, -0.2) is 6.67 Å². The Kier molecular flexibility index (Phi) is 4.05. The van der Waals surface area contributed by atoms with Crippen LogP contribution in [0.5, 0.6) is 0 Å².